The van der Waals surface area contributed by atoms with Crippen molar-refractivity contribution in [2.75, 3.05) is 12.0 Å². The third-order valence-corrected chi connectivity index (χ3v) is 7.35. The predicted octanol–water partition coefficient (Wildman–Crippen LogP) is 5.10. The molecule has 176 valence electrons. The van der Waals surface area contributed by atoms with Crippen LogP contribution in [0, 0.1) is 6.92 Å². The van der Waals surface area contributed by atoms with E-state index in [4.69, 9.17) is 4.74 Å². The summed E-state index contributed by atoms with van der Waals surface area (Å²) in [6.07, 6.45) is 2.96. The van der Waals surface area contributed by atoms with Crippen LogP contribution in [0.3, 0.4) is 0 Å². The molecule has 5 rings (SSSR count). The summed E-state index contributed by atoms with van der Waals surface area (Å²) in [5, 5.41) is 21.8. The lowest BCUT2D eigenvalue weighted by Crippen LogP contribution is -2.29. The Morgan fingerprint density at radius 1 is 1.14 bits per heavy atom. The molecule has 1 unspecified atom stereocenters. The summed E-state index contributed by atoms with van der Waals surface area (Å²) in [6.45, 7) is 1.96. The predicted molar refractivity (Wildman–Crippen MR) is 136 cm³/mol. The molecule has 0 spiro atoms. The Labute approximate surface area is 212 Å². The number of amides is 1. The Bertz CT molecular complexity index is 1530. The maximum atomic E-state index is 13.4. The quantitative estimate of drug-likeness (QED) is 0.206. The first-order valence-corrected chi connectivity index (χ1v) is 12.1. The fourth-order valence-corrected chi connectivity index (χ4v) is 5.59. The number of Topliss-reactive ketones (excluding diaryl/α,β-unsaturated/α-hetero) is 1. The summed E-state index contributed by atoms with van der Waals surface area (Å²) < 4.78 is 6.46. The van der Waals surface area contributed by atoms with Crippen molar-refractivity contribution < 1.29 is 24.5 Å². The van der Waals surface area contributed by atoms with Crippen LogP contribution in [-0.2, 0) is 9.59 Å². The molecule has 0 radical (unpaired) electrons. The molecule has 1 amide bonds. The fraction of sp³-hybridized carbons (Fsp3) is 0.120. The third-order valence-electron chi connectivity index (χ3n) is 5.72. The van der Waals surface area contributed by atoms with E-state index in [1.165, 1.54) is 41.8 Å². The number of halogens is 1. The Hall–Kier alpha value is -3.76. The van der Waals surface area contributed by atoms with Crippen molar-refractivity contribution in [2.45, 2.75) is 13.0 Å². The van der Waals surface area contributed by atoms with Crippen molar-refractivity contribution >= 4 is 60.1 Å². The molecule has 1 saturated heterocycles. The highest BCUT2D eigenvalue weighted by molar-refractivity contribution is 9.10. The number of carbonyl (C=O) groups is 2. The second-order valence-corrected chi connectivity index (χ2v) is 9.79. The lowest BCUT2D eigenvalue weighted by atomic mass is 9.95. The van der Waals surface area contributed by atoms with Gasteiger partial charge in [0.1, 0.15) is 5.76 Å². The van der Waals surface area contributed by atoms with Gasteiger partial charge in [-0.3, -0.25) is 19.5 Å². The van der Waals surface area contributed by atoms with E-state index in [1.54, 1.807) is 18.2 Å². The Morgan fingerprint density at radius 2 is 1.89 bits per heavy atom. The number of phenolic OH excluding ortho intramolecular Hbond substituents is 1. The normalized spacial score (nSPS) is 17.3. The average Bonchev–Trinajstić information content (AvgIpc) is 3.38. The Kier molecular flexibility index (Phi) is 5.78. The van der Waals surface area contributed by atoms with Crippen LogP contribution in [0.5, 0.6) is 11.5 Å². The smallest absolute Gasteiger partial charge is 0.301 e. The van der Waals surface area contributed by atoms with E-state index in [-0.39, 0.29) is 22.8 Å². The molecule has 1 aliphatic rings. The minimum Gasteiger partial charge on any atom is -0.507 e. The van der Waals surface area contributed by atoms with Crippen LogP contribution in [-0.4, -0.2) is 39.0 Å². The lowest BCUT2D eigenvalue weighted by molar-refractivity contribution is -0.132. The van der Waals surface area contributed by atoms with E-state index in [9.17, 15) is 19.8 Å². The van der Waals surface area contributed by atoms with Gasteiger partial charge in [-0.25, -0.2) is 4.98 Å². The summed E-state index contributed by atoms with van der Waals surface area (Å²) in [7, 11) is 1.40. The number of aliphatic hydroxyl groups is 1. The summed E-state index contributed by atoms with van der Waals surface area (Å²) in [6, 6.07) is 10.9. The number of ketones is 1. The van der Waals surface area contributed by atoms with E-state index >= 15 is 0 Å². The van der Waals surface area contributed by atoms with Gasteiger partial charge in [0, 0.05) is 18.0 Å². The zero-order chi connectivity index (χ0) is 24.9. The molecule has 4 aromatic rings. The van der Waals surface area contributed by atoms with Gasteiger partial charge in [0.25, 0.3) is 5.78 Å². The van der Waals surface area contributed by atoms with Crippen LogP contribution in [0.2, 0.25) is 0 Å². The number of aryl methyl sites for hydroxylation is 1. The maximum absolute atomic E-state index is 13.4. The van der Waals surface area contributed by atoms with Gasteiger partial charge >= 0.3 is 5.91 Å². The first-order chi connectivity index (χ1) is 16.8. The van der Waals surface area contributed by atoms with Crippen molar-refractivity contribution in [3.8, 4) is 11.5 Å². The first-order valence-electron chi connectivity index (χ1n) is 10.4. The molecule has 3 heterocycles. The number of ether oxygens (including phenoxy) is 1. The van der Waals surface area contributed by atoms with Crippen molar-refractivity contribution in [3.05, 3.63) is 81.6 Å². The lowest BCUT2D eigenvalue weighted by Gasteiger charge is -2.24. The zero-order valence-electron chi connectivity index (χ0n) is 18.5. The van der Waals surface area contributed by atoms with Crippen LogP contribution < -0.4 is 9.64 Å². The highest BCUT2D eigenvalue weighted by Crippen LogP contribution is 2.47. The number of carbonyl (C=O) groups excluding carboxylic acids is 2. The van der Waals surface area contributed by atoms with Gasteiger partial charge in [0.15, 0.2) is 16.6 Å². The van der Waals surface area contributed by atoms with Crippen molar-refractivity contribution in [1.29, 1.82) is 0 Å². The van der Waals surface area contributed by atoms with Crippen LogP contribution in [0.25, 0.3) is 16.0 Å². The molecule has 35 heavy (non-hydrogen) atoms. The highest BCUT2D eigenvalue weighted by atomic mass is 79.9. The van der Waals surface area contributed by atoms with Gasteiger partial charge in [-0.1, -0.05) is 17.4 Å². The number of methoxy groups -OCH3 is 1. The second-order valence-electron chi connectivity index (χ2n) is 7.93. The second kappa shape index (κ2) is 8.79. The number of hydrogen-bond acceptors (Lipinski definition) is 8. The van der Waals surface area contributed by atoms with Crippen LogP contribution in [0.15, 0.2) is 64.9 Å². The SMILES string of the molecule is COc1cc(C2C(=C(O)c3ccncc3)C(=O)C(=O)N2c2nc3ccc(C)cc3s2)cc(Br)c1O. The molecule has 0 saturated carbocycles. The molecule has 8 nitrogen and oxygen atoms in total. The van der Waals surface area contributed by atoms with Crippen LogP contribution in [0.4, 0.5) is 5.13 Å². The number of aliphatic hydroxyl groups excluding tert-OH is 1. The van der Waals surface area contributed by atoms with E-state index in [0.29, 0.717) is 26.2 Å². The van der Waals surface area contributed by atoms with Crippen molar-refractivity contribution in [1.82, 2.24) is 9.97 Å². The monoisotopic (exact) mass is 551 g/mol. The highest BCUT2D eigenvalue weighted by Gasteiger charge is 2.48. The van der Waals surface area contributed by atoms with Crippen LogP contribution >= 0.6 is 27.3 Å². The summed E-state index contributed by atoms with van der Waals surface area (Å²) in [4.78, 5) is 36.5. The maximum Gasteiger partial charge on any atom is 0.301 e. The number of nitrogens with zero attached hydrogens (tertiary/aromatic N) is 3. The number of hydrogen-bond donors (Lipinski definition) is 2. The number of anilines is 1. The van der Waals surface area contributed by atoms with Gasteiger partial charge < -0.3 is 14.9 Å². The molecule has 10 heteroatoms. The Balaban J connectivity index is 1.78. The summed E-state index contributed by atoms with van der Waals surface area (Å²) >= 11 is 4.59. The van der Waals surface area contributed by atoms with E-state index in [0.717, 1.165) is 10.3 Å². The largest absolute Gasteiger partial charge is 0.507 e. The van der Waals surface area contributed by atoms with E-state index in [1.807, 2.05) is 25.1 Å². The number of rotatable bonds is 4. The summed E-state index contributed by atoms with van der Waals surface area (Å²) in [5.74, 6) is -1.98. The number of phenols is 1. The standard InChI is InChI=1S/C25H18BrN3O5S/c1-12-3-4-16-18(9-12)35-25(28-16)29-20(14-10-15(26)22(31)17(11-14)34-2)19(23(32)24(29)33)21(30)13-5-7-27-8-6-13/h3-11,20,30-31H,1-2H3. The van der Waals surface area contributed by atoms with Crippen molar-refractivity contribution in [3.63, 3.8) is 0 Å². The Morgan fingerprint density at radius 3 is 2.60 bits per heavy atom. The number of fused-ring (bicyclic) bond motifs is 1. The minimum absolute atomic E-state index is 0.101. The molecule has 1 fully saturated rings. The number of aromatic hydroxyl groups is 1. The molecule has 2 aromatic heterocycles. The van der Waals surface area contributed by atoms with Gasteiger partial charge in [0.05, 0.1) is 33.4 Å². The number of pyridine rings is 1. The van der Waals surface area contributed by atoms with Crippen LogP contribution in [0.1, 0.15) is 22.7 Å². The number of benzene rings is 2. The molecular formula is C25H18BrN3O5S. The fourth-order valence-electron chi connectivity index (χ4n) is 4.04. The van der Waals surface area contributed by atoms with Gasteiger partial charge in [-0.2, -0.15) is 0 Å². The minimum atomic E-state index is -1.02. The van der Waals surface area contributed by atoms with E-state index in [2.05, 4.69) is 25.9 Å². The third kappa shape index (κ3) is 3.84. The van der Waals surface area contributed by atoms with Gasteiger partial charge in [-0.05, 0) is 70.4 Å². The van der Waals surface area contributed by atoms with Gasteiger partial charge in [-0.15, -0.1) is 0 Å². The molecule has 1 atom stereocenters. The topological polar surface area (TPSA) is 113 Å². The zero-order valence-corrected chi connectivity index (χ0v) is 20.9. The van der Waals surface area contributed by atoms with E-state index < -0.39 is 17.7 Å². The average molecular weight is 552 g/mol. The molecule has 0 aliphatic carbocycles. The molecular weight excluding hydrogens is 534 g/mol. The van der Waals surface area contributed by atoms with Crippen molar-refractivity contribution in [2.24, 2.45) is 0 Å². The number of aromatic nitrogens is 2. The summed E-state index contributed by atoms with van der Waals surface area (Å²) in [5.41, 5.74) is 2.41. The number of thiazole rings is 1. The molecule has 1 aliphatic heterocycles. The molecule has 0 bridgehead atoms. The first kappa shape index (κ1) is 23.0. The van der Waals surface area contributed by atoms with Gasteiger partial charge in [0.2, 0.25) is 0 Å². The molecule has 2 N–H and O–H groups in total. The molecule has 2 aromatic carbocycles.